The molecule has 0 heterocycles. The Balaban J connectivity index is 1.47. The molecule has 0 bridgehead atoms. The highest BCUT2D eigenvalue weighted by molar-refractivity contribution is 5.10. The van der Waals surface area contributed by atoms with E-state index < -0.39 is 11.2 Å². The lowest BCUT2D eigenvalue weighted by atomic mass is 9.43. The molecule has 4 saturated carbocycles. The van der Waals surface area contributed by atoms with Gasteiger partial charge in [0.05, 0.1) is 11.2 Å². The van der Waals surface area contributed by atoms with E-state index in [0.717, 1.165) is 48.9 Å². The van der Waals surface area contributed by atoms with Crippen molar-refractivity contribution in [2.45, 2.75) is 130 Å². The first-order valence-corrected chi connectivity index (χ1v) is 13.7. The number of hydrogen-bond acceptors (Lipinski definition) is 2. The maximum absolute atomic E-state index is 10.8. The SMILES string of the molecule is CC(C)C(C)(O)CC[C@@H](C)[C@H]1CCC2[C@@H]3CCC4C[C@@](C)(O)CC[C@]4(C)C3CC[C@@]21C. The molecule has 2 N–H and O–H groups in total. The summed E-state index contributed by atoms with van der Waals surface area (Å²) < 4.78 is 0. The van der Waals surface area contributed by atoms with Gasteiger partial charge in [0.25, 0.3) is 0 Å². The molecule has 31 heavy (non-hydrogen) atoms. The summed E-state index contributed by atoms with van der Waals surface area (Å²) in [6, 6.07) is 0. The Morgan fingerprint density at radius 1 is 0.871 bits per heavy atom. The summed E-state index contributed by atoms with van der Waals surface area (Å²) in [5, 5.41) is 21.5. The Morgan fingerprint density at radius 2 is 1.55 bits per heavy atom. The monoisotopic (exact) mass is 432 g/mol. The lowest BCUT2D eigenvalue weighted by molar-refractivity contribution is -0.148. The Kier molecular flexibility index (Phi) is 6.21. The Labute approximate surface area is 193 Å². The van der Waals surface area contributed by atoms with Crippen LogP contribution in [0, 0.1) is 52.3 Å². The summed E-state index contributed by atoms with van der Waals surface area (Å²) in [6.45, 7) is 16.2. The van der Waals surface area contributed by atoms with Gasteiger partial charge in [-0.05, 0) is 137 Å². The highest BCUT2D eigenvalue weighted by atomic mass is 16.3. The molecule has 0 aliphatic heterocycles. The molecule has 0 aromatic carbocycles. The molecule has 2 heteroatoms. The summed E-state index contributed by atoms with van der Waals surface area (Å²) in [6.07, 6.45) is 13.8. The van der Waals surface area contributed by atoms with Crippen LogP contribution in [0.2, 0.25) is 0 Å². The highest BCUT2D eigenvalue weighted by Gasteiger charge is 2.61. The minimum Gasteiger partial charge on any atom is -0.390 e. The molecule has 4 aliphatic carbocycles. The fourth-order valence-corrected chi connectivity index (χ4v) is 9.42. The van der Waals surface area contributed by atoms with E-state index in [9.17, 15) is 10.2 Å². The van der Waals surface area contributed by atoms with Gasteiger partial charge >= 0.3 is 0 Å². The molecule has 4 rings (SSSR count). The Hall–Kier alpha value is -0.0800. The van der Waals surface area contributed by atoms with Crippen LogP contribution in [0.15, 0.2) is 0 Å². The second-order valence-corrected chi connectivity index (χ2v) is 14.1. The number of hydrogen-bond donors (Lipinski definition) is 2. The predicted octanol–water partition coefficient (Wildman–Crippen LogP) is 7.22. The van der Waals surface area contributed by atoms with Gasteiger partial charge in [-0.15, -0.1) is 0 Å². The summed E-state index contributed by atoms with van der Waals surface area (Å²) in [5.41, 5.74) is 0.0189. The molecule has 4 fully saturated rings. The summed E-state index contributed by atoms with van der Waals surface area (Å²) >= 11 is 0. The molecule has 0 spiro atoms. The first-order valence-electron chi connectivity index (χ1n) is 13.7. The molecule has 4 unspecified atom stereocenters. The maximum Gasteiger partial charge on any atom is 0.0642 e. The number of fused-ring (bicyclic) bond motifs is 5. The van der Waals surface area contributed by atoms with Gasteiger partial charge in [0.15, 0.2) is 0 Å². The van der Waals surface area contributed by atoms with Gasteiger partial charge in [-0.25, -0.2) is 0 Å². The first kappa shape index (κ1) is 24.1. The lowest BCUT2D eigenvalue weighted by Gasteiger charge is -2.62. The van der Waals surface area contributed by atoms with E-state index in [2.05, 4.69) is 41.5 Å². The van der Waals surface area contributed by atoms with Crippen molar-refractivity contribution in [3.8, 4) is 0 Å². The van der Waals surface area contributed by atoms with Gasteiger partial charge in [0.2, 0.25) is 0 Å². The van der Waals surface area contributed by atoms with Gasteiger partial charge < -0.3 is 10.2 Å². The van der Waals surface area contributed by atoms with Crippen molar-refractivity contribution in [2.24, 2.45) is 52.3 Å². The third-order valence-electron chi connectivity index (χ3n) is 12.1. The van der Waals surface area contributed by atoms with Gasteiger partial charge in [-0.1, -0.05) is 34.6 Å². The van der Waals surface area contributed by atoms with Crippen molar-refractivity contribution in [1.29, 1.82) is 0 Å². The highest BCUT2D eigenvalue weighted by Crippen LogP contribution is 2.68. The van der Waals surface area contributed by atoms with E-state index in [1.54, 1.807) is 0 Å². The summed E-state index contributed by atoms with van der Waals surface area (Å²) in [7, 11) is 0. The molecule has 10 atom stereocenters. The second-order valence-electron chi connectivity index (χ2n) is 14.1. The fourth-order valence-electron chi connectivity index (χ4n) is 9.42. The minimum absolute atomic E-state index is 0.328. The van der Waals surface area contributed by atoms with Gasteiger partial charge in [-0.2, -0.15) is 0 Å². The Morgan fingerprint density at radius 3 is 2.23 bits per heavy atom. The van der Waals surface area contributed by atoms with E-state index in [0.29, 0.717) is 22.7 Å². The molecule has 4 aliphatic rings. The average molecular weight is 433 g/mol. The van der Waals surface area contributed by atoms with Crippen LogP contribution in [0.4, 0.5) is 0 Å². The van der Waals surface area contributed by atoms with Gasteiger partial charge in [0.1, 0.15) is 0 Å². The van der Waals surface area contributed by atoms with Crippen LogP contribution in [0.25, 0.3) is 0 Å². The number of aliphatic hydroxyl groups is 2. The predicted molar refractivity (Wildman–Crippen MR) is 130 cm³/mol. The topological polar surface area (TPSA) is 40.5 Å². The van der Waals surface area contributed by atoms with Crippen molar-refractivity contribution >= 4 is 0 Å². The molecule has 0 radical (unpaired) electrons. The largest absolute Gasteiger partial charge is 0.390 e. The van der Waals surface area contributed by atoms with Crippen molar-refractivity contribution in [3.63, 3.8) is 0 Å². The van der Waals surface area contributed by atoms with Crippen LogP contribution in [0.3, 0.4) is 0 Å². The third-order valence-corrected chi connectivity index (χ3v) is 12.1. The average Bonchev–Trinajstić information content (AvgIpc) is 3.04. The molecule has 0 amide bonds. The molecular weight excluding hydrogens is 380 g/mol. The van der Waals surface area contributed by atoms with Crippen molar-refractivity contribution < 1.29 is 10.2 Å². The van der Waals surface area contributed by atoms with Crippen LogP contribution in [-0.4, -0.2) is 21.4 Å². The van der Waals surface area contributed by atoms with E-state index in [4.69, 9.17) is 0 Å². The molecule has 0 aromatic rings. The van der Waals surface area contributed by atoms with Gasteiger partial charge in [0, 0.05) is 0 Å². The van der Waals surface area contributed by atoms with E-state index in [1.165, 1.54) is 51.4 Å². The standard InChI is InChI=1S/C29H52O2/c1-19(2)29(7,31)15-12-20(3)23-10-11-24-22-9-8-21-18-26(4,30)16-17-27(21,5)25(22)13-14-28(23,24)6/h19-25,30-31H,8-18H2,1-7H3/t20-,21?,22+,23-,24?,25?,26+,27+,28-,29?/m1/s1. The molecule has 180 valence electrons. The molecule has 0 aromatic heterocycles. The van der Waals surface area contributed by atoms with Crippen molar-refractivity contribution in [1.82, 2.24) is 0 Å². The van der Waals surface area contributed by atoms with Crippen molar-refractivity contribution in [3.05, 3.63) is 0 Å². The lowest BCUT2D eigenvalue weighted by Crippen LogP contribution is -2.55. The smallest absolute Gasteiger partial charge is 0.0642 e. The minimum atomic E-state index is -0.528. The number of rotatable bonds is 5. The normalized spacial score (nSPS) is 50.3. The summed E-state index contributed by atoms with van der Waals surface area (Å²) in [5.74, 6) is 5.32. The molecule has 2 nitrogen and oxygen atoms in total. The van der Waals surface area contributed by atoms with Gasteiger partial charge in [-0.3, -0.25) is 0 Å². The van der Waals surface area contributed by atoms with Crippen LogP contribution in [0.5, 0.6) is 0 Å². The van der Waals surface area contributed by atoms with Crippen LogP contribution < -0.4 is 0 Å². The van der Waals surface area contributed by atoms with Crippen molar-refractivity contribution in [2.75, 3.05) is 0 Å². The van der Waals surface area contributed by atoms with E-state index >= 15 is 0 Å². The molecular formula is C29H52O2. The van der Waals surface area contributed by atoms with Crippen LogP contribution in [0.1, 0.15) is 119 Å². The van der Waals surface area contributed by atoms with E-state index in [1.807, 2.05) is 6.92 Å². The maximum atomic E-state index is 10.8. The Bertz CT molecular complexity index is 651. The second kappa shape index (κ2) is 8.00. The quantitative estimate of drug-likeness (QED) is 0.481. The third kappa shape index (κ3) is 4.05. The molecule has 0 saturated heterocycles. The zero-order chi connectivity index (χ0) is 22.8. The fraction of sp³-hybridized carbons (Fsp3) is 1.00. The first-order chi connectivity index (χ1) is 14.3. The zero-order valence-corrected chi connectivity index (χ0v) is 21.7. The van der Waals surface area contributed by atoms with E-state index in [-0.39, 0.29) is 0 Å². The zero-order valence-electron chi connectivity index (χ0n) is 21.7. The summed E-state index contributed by atoms with van der Waals surface area (Å²) in [4.78, 5) is 0. The van der Waals surface area contributed by atoms with Crippen LogP contribution >= 0.6 is 0 Å². The van der Waals surface area contributed by atoms with Crippen LogP contribution in [-0.2, 0) is 0 Å².